The number of carbonyl (C=O) groups excluding carboxylic acids is 1. The average Bonchev–Trinajstić information content (AvgIpc) is 2.86. The smallest absolute Gasteiger partial charge is 0.275 e. The maximum Gasteiger partial charge on any atom is 0.275 e. The van der Waals surface area contributed by atoms with Crippen molar-refractivity contribution in [3.63, 3.8) is 0 Å². The molecule has 0 atom stereocenters. The highest BCUT2D eigenvalue weighted by Crippen LogP contribution is 2.32. The Balaban J connectivity index is 1.99. The van der Waals surface area contributed by atoms with Gasteiger partial charge in [0.1, 0.15) is 0 Å². The molecule has 1 saturated heterocycles. The van der Waals surface area contributed by atoms with E-state index in [4.69, 9.17) is 10.6 Å². The second-order valence-electron chi connectivity index (χ2n) is 4.77. The zero-order valence-electron chi connectivity index (χ0n) is 11.1. The summed E-state index contributed by atoms with van der Waals surface area (Å²) in [6, 6.07) is 8.09. The lowest BCUT2D eigenvalue weighted by molar-refractivity contribution is 0.0343. The summed E-state index contributed by atoms with van der Waals surface area (Å²) in [6.07, 6.45) is 0. The number of nitrogen functional groups attached to an aromatic ring is 1. The van der Waals surface area contributed by atoms with Gasteiger partial charge >= 0.3 is 0 Å². The molecule has 2 aromatic rings. The van der Waals surface area contributed by atoms with Crippen LogP contribution >= 0.6 is 11.3 Å². The van der Waals surface area contributed by atoms with Gasteiger partial charge in [0.25, 0.3) is 5.91 Å². The van der Waals surface area contributed by atoms with Gasteiger partial charge in [-0.2, -0.15) is 0 Å². The molecule has 3 N–H and O–H groups in total. The third-order valence-corrected chi connectivity index (χ3v) is 4.73. The molecule has 1 amide bonds. The Morgan fingerprint density at radius 2 is 2.10 bits per heavy atom. The van der Waals surface area contributed by atoms with Crippen molar-refractivity contribution >= 4 is 27.3 Å². The van der Waals surface area contributed by atoms with Crippen LogP contribution in [0.25, 0.3) is 10.1 Å². The number of nitrogens with two attached hydrogens (primary N) is 1. The Kier molecular flexibility index (Phi) is 3.98. The monoisotopic (exact) mass is 291 g/mol. The SMILES string of the molecule is NNC(=O)c1sc2ccccc2c1CN1CCOCC1. The van der Waals surface area contributed by atoms with Crippen LogP contribution in [0.15, 0.2) is 24.3 Å². The van der Waals surface area contributed by atoms with Gasteiger partial charge < -0.3 is 4.74 Å². The number of nitrogens with one attached hydrogen (secondary N) is 1. The number of amides is 1. The van der Waals surface area contributed by atoms with Crippen LogP contribution in [0.1, 0.15) is 15.2 Å². The van der Waals surface area contributed by atoms with E-state index in [1.165, 1.54) is 11.3 Å². The first-order valence-electron chi connectivity index (χ1n) is 6.61. The van der Waals surface area contributed by atoms with Gasteiger partial charge in [-0.05, 0) is 17.0 Å². The fourth-order valence-corrected chi connectivity index (χ4v) is 3.60. The lowest BCUT2D eigenvalue weighted by atomic mass is 10.1. The molecule has 0 bridgehead atoms. The Hall–Kier alpha value is -1.47. The van der Waals surface area contributed by atoms with Gasteiger partial charge in [0.2, 0.25) is 0 Å². The van der Waals surface area contributed by atoms with E-state index in [9.17, 15) is 4.79 Å². The van der Waals surface area contributed by atoms with E-state index in [-0.39, 0.29) is 5.91 Å². The molecule has 0 radical (unpaired) electrons. The van der Waals surface area contributed by atoms with E-state index in [2.05, 4.69) is 16.4 Å². The molecule has 1 aromatic heterocycles. The van der Waals surface area contributed by atoms with Crippen LogP contribution in [-0.4, -0.2) is 37.1 Å². The van der Waals surface area contributed by atoms with Gasteiger partial charge in [0.05, 0.1) is 18.1 Å². The Labute approximate surface area is 121 Å². The molecule has 1 aromatic carbocycles. The van der Waals surface area contributed by atoms with Crippen LogP contribution in [0.4, 0.5) is 0 Å². The topological polar surface area (TPSA) is 67.6 Å². The Bertz CT molecular complexity index is 620. The fraction of sp³-hybridized carbons (Fsp3) is 0.357. The third kappa shape index (κ3) is 2.55. The molecule has 0 saturated carbocycles. The third-order valence-electron chi connectivity index (χ3n) is 3.52. The lowest BCUT2D eigenvalue weighted by Gasteiger charge is -2.26. The van der Waals surface area contributed by atoms with Crippen LogP contribution in [0.3, 0.4) is 0 Å². The summed E-state index contributed by atoms with van der Waals surface area (Å²) >= 11 is 1.50. The summed E-state index contributed by atoms with van der Waals surface area (Å²) in [7, 11) is 0. The molecule has 20 heavy (non-hydrogen) atoms. The number of rotatable bonds is 3. The standard InChI is InChI=1S/C14H17N3O2S/c15-16-14(18)13-11(9-17-5-7-19-8-6-17)10-3-1-2-4-12(10)20-13/h1-4H,5-9,15H2,(H,16,18). The summed E-state index contributed by atoms with van der Waals surface area (Å²) < 4.78 is 6.49. The normalized spacial score (nSPS) is 16.4. The number of fused-ring (bicyclic) bond motifs is 1. The highest BCUT2D eigenvalue weighted by Gasteiger charge is 2.20. The van der Waals surface area contributed by atoms with E-state index >= 15 is 0 Å². The molecular weight excluding hydrogens is 274 g/mol. The molecule has 1 aliphatic rings. The van der Waals surface area contributed by atoms with Gasteiger partial charge in [0, 0.05) is 24.3 Å². The Morgan fingerprint density at radius 3 is 2.85 bits per heavy atom. The predicted molar refractivity (Wildman–Crippen MR) is 79.6 cm³/mol. The molecule has 0 aliphatic carbocycles. The summed E-state index contributed by atoms with van der Waals surface area (Å²) in [5, 5.41) is 1.14. The number of benzene rings is 1. The van der Waals surface area contributed by atoms with Crippen LogP contribution in [0, 0.1) is 0 Å². The van der Waals surface area contributed by atoms with Crippen LogP contribution in [0.5, 0.6) is 0 Å². The van der Waals surface area contributed by atoms with Crippen molar-refractivity contribution in [2.75, 3.05) is 26.3 Å². The molecule has 106 valence electrons. The molecule has 2 heterocycles. The number of ether oxygens (including phenoxy) is 1. The first-order valence-corrected chi connectivity index (χ1v) is 7.42. The van der Waals surface area contributed by atoms with Gasteiger partial charge in [-0.1, -0.05) is 18.2 Å². The van der Waals surface area contributed by atoms with E-state index in [0.717, 1.165) is 48.5 Å². The quantitative estimate of drug-likeness (QED) is 0.509. The van der Waals surface area contributed by atoms with E-state index in [0.29, 0.717) is 4.88 Å². The highest BCUT2D eigenvalue weighted by molar-refractivity contribution is 7.21. The van der Waals surface area contributed by atoms with Crippen molar-refractivity contribution in [2.45, 2.75) is 6.54 Å². The van der Waals surface area contributed by atoms with Gasteiger partial charge in [-0.15, -0.1) is 11.3 Å². The van der Waals surface area contributed by atoms with E-state index in [1.54, 1.807) is 0 Å². The van der Waals surface area contributed by atoms with Crippen molar-refractivity contribution in [3.8, 4) is 0 Å². The van der Waals surface area contributed by atoms with Crippen molar-refractivity contribution in [3.05, 3.63) is 34.7 Å². The first kappa shape index (κ1) is 13.5. The molecule has 0 unspecified atom stereocenters. The molecule has 1 fully saturated rings. The predicted octanol–water partition coefficient (Wildman–Crippen LogP) is 1.34. The number of carbonyl (C=O) groups is 1. The number of nitrogens with zero attached hydrogens (tertiary/aromatic N) is 1. The minimum atomic E-state index is -0.213. The minimum Gasteiger partial charge on any atom is -0.379 e. The average molecular weight is 291 g/mol. The molecule has 6 heteroatoms. The van der Waals surface area contributed by atoms with Crippen molar-refractivity contribution in [1.29, 1.82) is 0 Å². The summed E-state index contributed by atoms with van der Waals surface area (Å²) in [5.41, 5.74) is 3.31. The molecule has 0 spiro atoms. The van der Waals surface area contributed by atoms with Gasteiger partial charge in [0.15, 0.2) is 0 Å². The number of hydrogen-bond acceptors (Lipinski definition) is 5. The maximum atomic E-state index is 12.0. The van der Waals surface area contributed by atoms with Crippen molar-refractivity contribution in [1.82, 2.24) is 10.3 Å². The number of hydrazine groups is 1. The molecule has 1 aliphatic heterocycles. The van der Waals surface area contributed by atoms with Crippen LogP contribution in [0.2, 0.25) is 0 Å². The molecular formula is C14H17N3O2S. The van der Waals surface area contributed by atoms with Gasteiger partial charge in [-0.3, -0.25) is 15.1 Å². The van der Waals surface area contributed by atoms with Crippen LogP contribution in [-0.2, 0) is 11.3 Å². The number of morpholine rings is 1. The van der Waals surface area contributed by atoms with Crippen molar-refractivity contribution < 1.29 is 9.53 Å². The number of hydrogen-bond donors (Lipinski definition) is 2. The Morgan fingerprint density at radius 1 is 1.35 bits per heavy atom. The van der Waals surface area contributed by atoms with E-state index in [1.807, 2.05) is 18.2 Å². The number of thiophene rings is 1. The second-order valence-corrected chi connectivity index (χ2v) is 5.82. The van der Waals surface area contributed by atoms with Crippen molar-refractivity contribution in [2.24, 2.45) is 5.84 Å². The first-order chi connectivity index (χ1) is 9.79. The zero-order valence-corrected chi connectivity index (χ0v) is 11.9. The summed E-state index contributed by atoms with van der Waals surface area (Å²) in [6.45, 7) is 4.05. The summed E-state index contributed by atoms with van der Waals surface area (Å²) in [5.74, 6) is 5.09. The van der Waals surface area contributed by atoms with Crippen LogP contribution < -0.4 is 11.3 Å². The molecule has 3 rings (SSSR count). The lowest BCUT2D eigenvalue weighted by Crippen LogP contribution is -2.36. The zero-order chi connectivity index (χ0) is 13.9. The minimum absolute atomic E-state index is 0.213. The highest BCUT2D eigenvalue weighted by atomic mass is 32.1. The maximum absolute atomic E-state index is 12.0. The summed E-state index contributed by atoms with van der Waals surface area (Å²) in [4.78, 5) is 15.0. The largest absolute Gasteiger partial charge is 0.379 e. The second kappa shape index (κ2) is 5.88. The van der Waals surface area contributed by atoms with Gasteiger partial charge in [-0.25, -0.2) is 5.84 Å². The molecule has 5 nitrogen and oxygen atoms in total. The van der Waals surface area contributed by atoms with E-state index < -0.39 is 0 Å². The fourth-order valence-electron chi connectivity index (χ4n) is 2.49.